The van der Waals surface area contributed by atoms with Crippen LogP contribution in [-0.2, 0) is 14.4 Å². The molecule has 0 aromatic heterocycles. The van der Waals surface area contributed by atoms with Crippen LogP contribution in [0, 0.1) is 35.0 Å². The van der Waals surface area contributed by atoms with Crippen molar-refractivity contribution >= 4 is 17.6 Å². The van der Waals surface area contributed by atoms with Crippen LogP contribution in [0.4, 0.5) is 0 Å². The summed E-state index contributed by atoms with van der Waals surface area (Å²) in [5.74, 6) is 1.36. The molecular formula is C28H54N4O3. The van der Waals surface area contributed by atoms with Crippen LogP contribution in [0.3, 0.4) is 0 Å². The lowest BCUT2D eigenvalue weighted by Gasteiger charge is -2.48. The number of amides is 2. The molecule has 2 amide bonds. The highest BCUT2D eigenvalue weighted by atomic mass is 16.2. The molecule has 0 radical (unpaired) electrons. The monoisotopic (exact) mass is 494 g/mol. The van der Waals surface area contributed by atoms with Gasteiger partial charge in [-0.3, -0.25) is 14.4 Å². The van der Waals surface area contributed by atoms with Crippen LogP contribution in [0.5, 0.6) is 0 Å². The van der Waals surface area contributed by atoms with E-state index in [0.29, 0.717) is 37.1 Å². The van der Waals surface area contributed by atoms with E-state index in [1.165, 1.54) is 0 Å². The van der Waals surface area contributed by atoms with Crippen molar-refractivity contribution in [3.05, 3.63) is 0 Å². The second kappa shape index (κ2) is 14.9. The maximum absolute atomic E-state index is 12.9. The van der Waals surface area contributed by atoms with E-state index in [9.17, 15) is 14.4 Å². The van der Waals surface area contributed by atoms with E-state index < -0.39 is 12.1 Å². The fourth-order valence-corrected chi connectivity index (χ4v) is 4.94. The average Bonchev–Trinajstić information content (AvgIpc) is 2.74. The maximum atomic E-state index is 12.9. The summed E-state index contributed by atoms with van der Waals surface area (Å²) in [6.45, 7) is 15.9. The predicted molar refractivity (Wildman–Crippen MR) is 144 cm³/mol. The highest BCUT2D eigenvalue weighted by Crippen LogP contribution is 2.50. The summed E-state index contributed by atoms with van der Waals surface area (Å²) in [4.78, 5) is 37.7. The molecule has 204 valence electrons. The van der Waals surface area contributed by atoms with Gasteiger partial charge in [0.05, 0.1) is 12.1 Å². The zero-order valence-electron chi connectivity index (χ0n) is 23.5. The fourth-order valence-electron chi connectivity index (χ4n) is 4.94. The Kier molecular flexibility index (Phi) is 13.5. The number of Topliss-reactive ketones (excluding diaryl/α,β-unsaturated/α-hetero) is 1. The summed E-state index contributed by atoms with van der Waals surface area (Å²) in [5, 5.41) is 5.97. The minimum Gasteiger partial charge on any atom is -0.356 e. The first kappa shape index (κ1) is 31.6. The van der Waals surface area contributed by atoms with E-state index in [-0.39, 0.29) is 34.8 Å². The van der Waals surface area contributed by atoms with Crippen LogP contribution in [0.15, 0.2) is 0 Å². The zero-order chi connectivity index (χ0) is 26.8. The summed E-state index contributed by atoms with van der Waals surface area (Å²) in [5.41, 5.74) is 12.0. The van der Waals surface area contributed by atoms with Gasteiger partial charge in [0.2, 0.25) is 11.8 Å². The number of unbranched alkanes of at least 4 members (excludes halogenated alkanes) is 1. The van der Waals surface area contributed by atoms with E-state index in [2.05, 4.69) is 38.3 Å². The lowest BCUT2D eigenvalue weighted by atomic mass is 9.57. The van der Waals surface area contributed by atoms with Crippen LogP contribution >= 0.6 is 0 Å². The third kappa shape index (κ3) is 10.6. The van der Waals surface area contributed by atoms with Gasteiger partial charge in [0.1, 0.15) is 0 Å². The SMILES string of the molecule is CC(C)CCNC(=O)CCC(C)(C)C1CC(C(C)C(N)C(=O)N[C@@H](CCCCN)C(=O)C(C)C)C1. The number of carbonyl (C=O) groups is 3. The average molecular weight is 495 g/mol. The minimum absolute atomic E-state index is 0.0419. The van der Waals surface area contributed by atoms with Gasteiger partial charge in [0, 0.05) is 18.9 Å². The van der Waals surface area contributed by atoms with Crippen LogP contribution in [0.25, 0.3) is 0 Å². The Morgan fingerprint density at radius 3 is 2.17 bits per heavy atom. The van der Waals surface area contributed by atoms with Crippen molar-refractivity contribution in [2.45, 2.75) is 112 Å². The zero-order valence-corrected chi connectivity index (χ0v) is 23.5. The van der Waals surface area contributed by atoms with E-state index in [4.69, 9.17) is 11.5 Å². The molecule has 0 aromatic carbocycles. The van der Waals surface area contributed by atoms with Crippen molar-refractivity contribution in [1.29, 1.82) is 0 Å². The fraction of sp³-hybridized carbons (Fsp3) is 0.893. The number of hydrogen-bond acceptors (Lipinski definition) is 5. The number of rotatable bonds is 17. The first-order valence-corrected chi connectivity index (χ1v) is 13.9. The smallest absolute Gasteiger partial charge is 0.237 e. The molecule has 0 saturated heterocycles. The number of nitrogens with one attached hydrogen (secondary N) is 2. The summed E-state index contributed by atoms with van der Waals surface area (Å²) >= 11 is 0. The number of ketones is 1. The van der Waals surface area contributed by atoms with Gasteiger partial charge in [0.15, 0.2) is 5.78 Å². The second-order valence-corrected chi connectivity index (χ2v) is 12.2. The molecule has 1 aliphatic rings. The molecule has 0 aromatic rings. The molecule has 0 spiro atoms. The van der Waals surface area contributed by atoms with Crippen LogP contribution in [0.2, 0.25) is 0 Å². The number of nitrogens with two attached hydrogens (primary N) is 2. The quantitative estimate of drug-likeness (QED) is 0.229. The molecule has 3 atom stereocenters. The van der Waals surface area contributed by atoms with E-state index in [1.807, 2.05) is 20.8 Å². The van der Waals surface area contributed by atoms with E-state index in [0.717, 1.165) is 45.1 Å². The molecule has 1 rings (SSSR count). The first-order valence-electron chi connectivity index (χ1n) is 13.9. The van der Waals surface area contributed by atoms with Crippen molar-refractivity contribution in [3.8, 4) is 0 Å². The lowest BCUT2D eigenvalue weighted by Crippen LogP contribution is -2.54. The summed E-state index contributed by atoms with van der Waals surface area (Å²) in [6, 6.07) is -1.13. The van der Waals surface area contributed by atoms with Gasteiger partial charge in [-0.15, -0.1) is 0 Å². The molecule has 0 heterocycles. The van der Waals surface area contributed by atoms with Crippen LogP contribution in [-0.4, -0.2) is 42.8 Å². The minimum atomic E-state index is -0.632. The Hall–Kier alpha value is -1.47. The largest absolute Gasteiger partial charge is 0.356 e. The van der Waals surface area contributed by atoms with Gasteiger partial charge in [-0.25, -0.2) is 0 Å². The van der Waals surface area contributed by atoms with Crippen molar-refractivity contribution in [2.24, 2.45) is 46.5 Å². The topological polar surface area (TPSA) is 127 Å². The third-order valence-corrected chi connectivity index (χ3v) is 8.11. The molecule has 6 N–H and O–H groups in total. The Bertz CT molecular complexity index is 671. The molecule has 7 heteroatoms. The molecular weight excluding hydrogens is 440 g/mol. The van der Waals surface area contributed by atoms with E-state index in [1.54, 1.807) is 0 Å². The molecule has 2 unspecified atom stereocenters. The summed E-state index contributed by atoms with van der Waals surface area (Å²) < 4.78 is 0. The highest BCUT2D eigenvalue weighted by molar-refractivity contribution is 5.91. The van der Waals surface area contributed by atoms with Crippen LogP contribution in [0.1, 0.15) is 99.8 Å². The predicted octanol–water partition coefficient (Wildman–Crippen LogP) is 3.78. The normalized spacial score (nSPS) is 20.8. The van der Waals surface area contributed by atoms with Crippen molar-refractivity contribution in [2.75, 3.05) is 13.1 Å². The Balaban J connectivity index is 2.53. The second-order valence-electron chi connectivity index (χ2n) is 12.2. The van der Waals surface area contributed by atoms with Crippen molar-refractivity contribution < 1.29 is 14.4 Å². The standard InChI is InChI=1S/C28H54N4O3/c1-18(2)12-15-31-24(33)11-13-28(6,7)22-16-21(17-22)20(5)25(30)27(35)32-23(10-8-9-14-29)26(34)19(3)4/h18-23,25H,8-17,29-30H2,1-7H3,(H,31,33)(H,32,35)/t20?,21?,22?,23-,25?/m0/s1. The molecule has 7 nitrogen and oxygen atoms in total. The Labute approximate surface area is 214 Å². The highest BCUT2D eigenvalue weighted by Gasteiger charge is 2.44. The molecule has 0 bridgehead atoms. The number of carbonyl (C=O) groups excluding carboxylic acids is 3. The summed E-state index contributed by atoms with van der Waals surface area (Å²) in [7, 11) is 0. The van der Waals surface area contributed by atoms with Gasteiger partial charge in [-0.1, -0.05) is 48.5 Å². The molecule has 1 fully saturated rings. The molecule has 35 heavy (non-hydrogen) atoms. The third-order valence-electron chi connectivity index (χ3n) is 8.11. The van der Waals surface area contributed by atoms with Crippen molar-refractivity contribution in [3.63, 3.8) is 0 Å². The Morgan fingerprint density at radius 1 is 1.00 bits per heavy atom. The number of hydrogen-bond donors (Lipinski definition) is 4. The summed E-state index contributed by atoms with van der Waals surface area (Å²) in [6.07, 6.45) is 6.71. The van der Waals surface area contributed by atoms with Crippen molar-refractivity contribution in [1.82, 2.24) is 10.6 Å². The van der Waals surface area contributed by atoms with Gasteiger partial charge in [-0.2, -0.15) is 0 Å². The van der Waals surface area contributed by atoms with E-state index >= 15 is 0 Å². The molecule has 0 aliphatic heterocycles. The van der Waals surface area contributed by atoms with Gasteiger partial charge < -0.3 is 22.1 Å². The molecule has 1 aliphatic carbocycles. The van der Waals surface area contributed by atoms with Gasteiger partial charge >= 0.3 is 0 Å². The maximum Gasteiger partial charge on any atom is 0.237 e. The van der Waals surface area contributed by atoms with Crippen LogP contribution < -0.4 is 22.1 Å². The lowest BCUT2D eigenvalue weighted by molar-refractivity contribution is -0.131. The first-order chi connectivity index (χ1) is 16.3. The van der Waals surface area contributed by atoms with Gasteiger partial charge in [-0.05, 0) is 80.6 Å². The Morgan fingerprint density at radius 2 is 1.63 bits per heavy atom. The van der Waals surface area contributed by atoms with Gasteiger partial charge in [0.25, 0.3) is 0 Å². The molecule has 1 saturated carbocycles.